The molecule has 0 saturated heterocycles. The largest absolute Gasteiger partial charge is 0.384 e. The van der Waals surface area contributed by atoms with Gasteiger partial charge in [-0.25, -0.2) is 4.98 Å². The van der Waals surface area contributed by atoms with E-state index >= 15 is 0 Å². The predicted octanol–water partition coefficient (Wildman–Crippen LogP) is 1.14. The number of aryl methyl sites for hydroxylation is 1. The number of nitrogens with zero attached hydrogens (tertiary/aromatic N) is 1. The van der Waals surface area contributed by atoms with Crippen molar-refractivity contribution in [3.63, 3.8) is 0 Å². The zero-order valence-electron chi connectivity index (χ0n) is 8.62. The molecule has 2 N–H and O–H groups in total. The quantitative estimate of drug-likeness (QED) is 0.717. The number of pyridine rings is 1. The van der Waals surface area contributed by atoms with E-state index in [2.05, 4.69) is 4.98 Å². The van der Waals surface area contributed by atoms with E-state index in [1.165, 1.54) is 0 Å². The highest BCUT2D eigenvalue weighted by molar-refractivity contribution is 5.35. The third-order valence-electron chi connectivity index (χ3n) is 1.93. The van der Waals surface area contributed by atoms with Gasteiger partial charge in [0.25, 0.3) is 0 Å². The normalized spacial score (nSPS) is 10.4. The Morgan fingerprint density at radius 1 is 1.43 bits per heavy atom. The van der Waals surface area contributed by atoms with Crippen LogP contribution < -0.4 is 5.73 Å². The lowest BCUT2D eigenvalue weighted by atomic mass is 10.2. The lowest BCUT2D eigenvalue weighted by molar-refractivity contribution is 0.0613. The van der Waals surface area contributed by atoms with E-state index in [-0.39, 0.29) is 0 Å². The van der Waals surface area contributed by atoms with Crippen molar-refractivity contribution in [2.24, 2.45) is 0 Å². The Labute approximate surface area is 84.0 Å². The summed E-state index contributed by atoms with van der Waals surface area (Å²) in [5.74, 6) is 0.545. The summed E-state index contributed by atoms with van der Waals surface area (Å²) in [7, 11) is 1.65. The molecule has 0 unspecified atom stereocenters. The highest BCUT2D eigenvalue weighted by Gasteiger charge is 1.99. The molecule has 4 nitrogen and oxygen atoms in total. The van der Waals surface area contributed by atoms with E-state index in [1.807, 2.05) is 13.0 Å². The molecule has 0 atom stereocenters. The highest BCUT2D eigenvalue weighted by atomic mass is 16.5. The van der Waals surface area contributed by atoms with E-state index < -0.39 is 0 Å². The number of aromatic nitrogens is 1. The van der Waals surface area contributed by atoms with Crippen molar-refractivity contribution in [2.75, 3.05) is 26.1 Å². The van der Waals surface area contributed by atoms with Crippen molar-refractivity contribution >= 4 is 5.82 Å². The Hall–Kier alpha value is -1.13. The topological polar surface area (TPSA) is 57.4 Å². The summed E-state index contributed by atoms with van der Waals surface area (Å²) >= 11 is 0. The molecule has 0 bridgehead atoms. The minimum atomic E-state index is 0.545. The smallest absolute Gasteiger partial charge is 0.123 e. The van der Waals surface area contributed by atoms with Crippen LogP contribution in [0.1, 0.15) is 11.1 Å². The van der Waals surface area contributed by atoms with Crippen LogP contribution in [0, 0.1) is 6.92 Å². The van der Waals surface area contributed by atoms with Gasteiger partial charge in [0.05, 0.1) is 19.8 Å². The maximum absolute atomic E-state index is 5.53. The molecule has 0 spiro atoms. The maximum Gasteiger partial charge on any atom is 0.123 e. The molecule has 0 aliphatic carbocycles. The van der Waals surface area contributed by atoms with Gasteiger partial charge in [0, 0.05) is 13.3 Å². The Kier molecular flexibility index (Phi) is 4.35. The standard InChI is InChI=1S/C10H16N2O2/c1-8-5-10(11)12-6-9(8)7-14-4-3-13-2/h5-6H,3-4,7H2,1-2H3,(H2,11,12). The lowest BCUT2D eigenvalue weighted by Gasteiger charge is -2.06. The summed E-state index contributed by atoms with van der Waals surface area (Å²) in [6.45, 7) is 3.76. The van der Waals surface area contributed by atoms with Gasteiger partial charge < -0.3 is 15.2 Å². The van der Waals surface area contributed by atoms with Gasteiger partial charge in [-0.1, -0.05) is 0 Å². The van der Waals surface area contributed by atoms with Crippen molar-refractivity contribution in [3.05, 3.63) is 23.4 Å². The minimum Gasteiger partial charge on any atom is -0.384 e. The second-order valence-corrected chi connectivity index (χ2v) is 3.08. The van der Waals surface area contributed by atoms with Gasteiger partial charge in [-0.2, -0.15) is 0 Å². The SMILES string of the molecule is COCCOCc1cnc(N)cc1C. The summed E-state index contributed by atoms with van der Waals surface area (Å²) in [6, 6.07) is 1.84. The van der Waals surface area contributed by atoms with Gasteiger partial charge in [0.2, 0.25) is 0 Å². The van der Waals surface area contributed by atoms with Crippen LogP contribution in [0.25, 0.3) is 0 Å². The van der Waals surface area contributed by atoms with E-state index in [0.29, 0.717) is 25.6 Å². The molecule has 78 valence electrons. The van der Waals surface area contributed by atoms with Crippen LogP contribution in [0.2, 0.25) is 0 Å². The molecular weight excluding hydrogens is 180 g/mol. The number of hydrogen-bond donors (Lipinski definition) is 1. The Bertz CT molecular complexity index is 289. The third-order valence-corrected chi connectivity index (χ3v) is 1.93. The zero-order chi connectivity index (χ0) is 10.4. The molecule has 0 fully saturated rings. The molecule has 1 heterocycles. The molecule has 0 aromatic carbocycles. The van der Waals surface area contributed by atoms with Crippen molar-refractivity contribution < 1.29 is 9.47 Å². The van der Waals surface area contributed by atoms with Gasteiger partial charge >= 0.3 is 0 Å². The molecule has 0 aliphatic heterocycles. The maximum atomic E-state index is 5.53. The molecule has 14 heavy (non-hydrogen) atoms. The highest BCUT2D eigenvalue weighted by Crippen LogP contribution is 2.10. The molecule has 1 rings (SSSR count). The molecule has 1 aromatic heterocycles. The summed E-state index contributed by atoms with van der Waals surface area (Å²) in [4.78, 5) is 4.01. The monoisotopic (exact) mass is 196 g/mol. The first-order valence-corrected chi connectivity index (χ1v) is 4.51. The second-order valence-electron chi connectivity index (χ2n) is 3.08. The fourth-order valence-electron chi connectivity index (χ4n) is 1.08. The predicted molar refractivity (Wildman–Crippen MR) is 54.9 cm³/mol. The summed E-state index contributed by atoms with van der Waals surface area (Å²) in [5, 5.41) is 0. The zero-order valence-corrected chi connectivity index (χ0v) is 8.62. The number of hydrogen-bond acceptors (Lipinski definition) is 4. The first-order valence-electron chi connectivity index (χ1n) is 4.51. The molecule has 4 heteroatoms. The molecule has 0 saturated carbocycles. The van der Waals surface area contributed by atoms with E-state index in [0.717, 1.165) is 11.1 Å². The van der Waals surface area contributed by atoms with Gasteiger partial charge in [-0.15, -0.1) is 0 Å². The number of rotatable bonds is 5. The molecule has 0 radical (unpaired) electrons. The van der Waals surface area contributed by atoms with Crippen LogP contribution in [0.15, 0.2) is 12.3 Å². The molecule has 0 aliphatic rings. The van der Waals surface area contributed by atoms with Crippen LogP contribution >= 0.6 is 0 Å². The van der Waals surface area contributed by atoms with Crippen molar-refractivity contribution in [2.45, 2.75) is 13.5 Å². The molecular formula is C10H16N2O2. The lowest BCUT2D eigenvalue weighted by Crippen LogP contribution is -2.03. The summed E-state index contributed by atoms with van der Waals surface area (Å²) < 4.78 is 10.2. The van der Waals surface area contributed by atoms with Crippen LogP contribution in [0.5, 0.6) is 0 Å². The fraction of sp³-hybridized carbons (Fsp3) is 0.500. The van der Waals surface area contributed by atoms with Crippen molar-refractivity contribution in [1.82, 2.24) is 4.98 Å². The second kappa shape index (κ2) is 5.57. The van der Waals surface area contributed by atoms with Crippen molar-refractivity contribution in [1.29, 1.82) is 0 Å². The number of ether oxygens (including phenoxy) is 2. The average Bonchev–Trinajstić information content (AvgIpc) is 2.15. The fourth-order valence-corrected chi connectivity index (χ4v) is 1.08. The number of anilines is 1. The average molecular weight is 196 g/mol. The summed E-state index contributed by atoms with van der Waals surface area (Å²) in [6.07, 6.45) is 1.75. The molecule has 0 amide bonds. The van der Waals surface area contributed by atoms with Crippen LogP contribution in [-0.2, 0) is 16.1 Å². The van der Waals surface area contributed by atoms with Crippen molar-refractivity contribution in [3.8, 4) is 0 Å². The van der Waals surface area contributed by atoms with Gasteiger partial charge in [-0.05, 0) is 24.1 Å². The van der Waals surface area contributed by atoms with Gasteiger partial charge in [-0.3, -0.25) is 0 Å². The first kappa shape index (κ1) is 10.9. The van der Waals surface area contributed by atoms with Crippen LogP contribution in [0.4, 0.5) is 5.82 Å². The van der Waals surface area contributed by atoms with E-state index in [9.17, 15) is 0 Å². The van der Waals surface area contributed by atoms with Gasteiger partial charge in [0.15, 0.2) is 0 Å². The minimum absolute atomic E-state index is 0.545. The first-order chi connectivity index (χ1) is 6.74. The van der Waals surface area contributed by atoms with Crippen LogP contribution in [0.3, 0.4) is 0 Å². The Morgan fingerprint density at radius 2 is 2.21 bits per heavy atom. The summed E-state index contributed by atoms with van der Waals surface area (Å²) in [5.41, 5.74) is 7.70. The number of methoxy groups -OCH3 is 1. The third kappa shape index (κ3) is 3.32. The van der Waals surface area contributed by atoms with Gasteiger partial charge in [0.1, 0.15) is 5.82 Å². The van der Waals surface area contributed by atoms with E-state index in [1.54, 1.807) is 13.3 Å². The number of nitrogens with two attached hydrogens (primary N) is 1. The van der Waals surface area contributed by atoms with Crippen LogP contribution in [-0.4, -0.2) is 25.3 Å². The Morgan fingerprint density at radius 3 is 2.86 bits per heavy atom. The van der Waals surface area contributed by atoms with E-state index in [4.69, 9.17) is 15.2 Å². The number of nitrogen functional groups attached to an aromatic ring is 1. The Balaban J connectivity index is 2.42. The molecule has 1 aromatic rings.